The lowest BCUT2D eigenvalue weighted by Crippen LogP contribution is -2.36. The van der Waals surface area contributed by atoms with Crippen LogP contribution in [0, 0.1) is 0 Å². The Morgan fingerprint density at radius 1 is 0.838 bits per heavy atom. The lowest BCUT2D eigenvalue weighted by molar-refractivity contribution is -0.158. The van der Waals surface area contributed by atoms with Crippen molar-refractivity contribution in [3.63, 3.8) is 0 Å². The Labute approximate surface area is 217 Å². The van der Waals surface area contributed by atoms with Crippen LogP contribution in [-0.2, 0) is 35.0 Å². The maximum absolute atomic E-state index is 12.3. The third-order valence-electron chi connectivity index (χ3n) is 4.84. The van der Waals surface area contributed by atoms with E-state index in [1.807, 2.05) is 20.8 Å². The summed E-state index contributed by atoms with van der Waals surface area (Å²) >= 11 is 0. The van der Waals surface area contributed by atoms with E-state index in [1.165, 1.54) is 12.1 Å². The number of esters is 2. The summed E-state index contributed by atoms with van der Waals surface area (Å²) in [5.41, 5.74) is 6.49. The first kappa shape index (κ1) is 31.7. The Kier molecular flexibility index (Phi) is 15.4. The Balaban J connectivity index is 2.83. The lowest BCUT2D eigenvalue weighted by Gasteiger charge is -2.16. The highest BCUT2D eigenvalue weighted by Gasteiger charge is 2.21. The zero-order valence-electron chi connectivity index (χ0n) is 22.1. The van der Waals surface area contributed by atoms with Crippen LogP contribution in [0.15, 0.2) is 18.2 Å². The molecule has 1 aromatic rings. The molecule has 0 amide bonds. The smallest absolute Gasteiger partial charge is 0.461 e. The monoisotopic (exact) mass is 525 g/mol. The predicted molar refractivity (Wildman–Crippen MR) is 133 cm³/mol. The second kappa shape index (κ2) is 18.0. The van der Waals surface area contributed by atoms with Gasteiger partial charge in [0.05, 0.1) is 13.2 Å². The molecule has 0 saturated heterocycles. The minimum atomic E-state index is -1.05. The van der Waals surface area contributed by atoms with Crippen LogP contribution in [0.2, 0.25) is 0 Å². The summed E-state index contributed by atoms with van der Waals surface area (Å²) in [6, 6.07) is 3.33. The SMILES string of the molecule is CCCCOC(=O)Oc1ccc(C[C@H](N)C(=O)OC[C@H](C)OC(=O)CCC)cc1OC(=O)OCCCC. The molecule has 1 rings (SSSR count). The van der Waals surface area contributed by atoms with Crippen molar-refractivity contribution in [3.05, 3.63) is 23.8 Å². The van der Waals surface area contributed by atoms with Crippen LogP contribution in [0.25, 0.3) is 0 Å². The molecular weight excluding hydrogens is 486 g/mol. The molecule has 0 aliphatic rings. The van der Waals surface area contributed by atoms with Gasteiger partial charge in [0.1, 0.15) is 18.8 Å². The number of carbonyl (C=O) groups excluding carboxylic acids is 4. The summed E-state index contributed by atoms with van der Waals surface area (Å²) in [6.07, 6.45) is 1.45. The van der Waals surface area contributed by atoms with Gasteiger partial charge in [-0.05, 0) is 50.3 Å². The van der Waals surface area contributed by atoms with Crippen molar-refractivity contribution in [2.24, 2.45) is 5.73 Å². The number of ether oxygens (including phenoxy) is 6. The summed E-state index contributed by atoms with van der Waals surface area (Å²) in [6.45, 7) is 7.60. The van der Waals surface area contributed by atoms with Gasteiger partial charge >= 0.3 is 24.2 Å². The van der Waals surface area contributed by atoms with Crippen LogP contribution in [0.5, 0.6) is 11.5 Å². The van der Waals surface area contributed by atoms with Gasteiger partial charge in [-0.25, -0.2) is 9.59 Å². The Bertz CT molecular complexity index is 873. The normalized spacial score (nSPS) is 12.1. The number of nitrogens with two attached hydrogens (primary N) is 1. The van der Waals surface area contributed by atoms with E-state index in [0.717, 1.165) is 12.8 Å². The molecule has 11 nitrogen and oxygen atoms in total. The number of unbranched alkanes of at least 4 members (excludes halogenated alkanes) is 2. The number of carbonyl (C=O) groups is 4. The molecule has 1 aromatic carbocycles. The fourth-order valence-electron chi connectivity index (χ4n) is 2.85. The molecule has 0 bridgehead atoms. The molecule has 0 saturated carbocycles. The predicted octanol–water partition coefficient (Wildman–Crippen LogP) is 4.46. The van der Waals surface area contributed by atoms with E-state index in [1.54, 1.807) is 13.0 Å². The van der Waals surface area contributed by atoms with E-state index < -0.39 is 30.4 Å². The molecule has 0 aliphatic heterocycles. The molecule has 0 heterocycles. The average molecular weight is 526 g/mol. The molecule has 0 unspecified atom stereocenters. The molecule has 0 radical (unpaired) electrons. The van der Waals surface area contributed by atoms with Gasteiger partial charge in [0.25, 0.3) is 0 Å². The third-order valence-corrected chi connectivity index (χ3v) is 4.84. The topological polar surface area (TPSA) is 150 Å². The second-order valence-corrected chi connectivity index (χ2v) is 8.38. The molecule has 11 heteroatoms. The van der Waals surface area contributed by atoms with Crippen LogP contribution in [-0.4, -0.2) is 56.2 Å². The standard InChI is InChI=1S/C26H39NO10/c1-5-8-13-32-25(30)36-21-12-11-19(16-22(21)37-26(31)33-14-9-6-2)15-20(27)24(29)34-17-18(4)35-23(28)10-7-3/h11-12,16,18,20H,5-10,13-15,17,27H2,1-4H3/t18-,20-/m0/s1. The molecule has 37 heavy (non-hydrogen) atoms. The van der Waals surface area contributed by atoms with Crippen molar-refractivity contribution in [1.29, 1.82) is 0 Å². The van der Waals surface area contributed by atoms with Crippen LogP contribution < -0.4 is 15.2 Å². The largest absolute Gasteiger partial charge is 0.513 e. The summed E-state index contributed by atoms with van der Waals surface area (Å²) in [5.74, 6) is -1.22. The molecule has 2 atom stereocenters. The maximum atomic E-state index is 12.3. The van der Waals surface area contributed by atoms with E-state index in [9.17, 15) is 19.2 Å². The Morgan fingerprint density at radius 2 is 1.43 bits per heavy atom. The summed E-state index contributed by atoms with van der Waals surface area (Å²) in [4.78, 5) is 48.0. The zero-order chi connectivity index (χ0) is 27.6. The Morgan fingerprint density at radius 3 is 2.00 bits per heavy atom. The van der Waals surface area contributed by atoms with E-state index in [2.05, 4.69) is 0 Å². The van der Waals surface area contributed by atoms with Crippen LogP contribution >= 0.6 is 0 Å². The minimum absolute atomic E-state index is 0.0330. The third kappa shape index (κ3) is 13.5. The van der Waals surface area contributed by atoms with Crippen molar-refractivity contribution in [1.82, 2.24) is 0 Å². The van der Waals surface area contributed by atoms with Crippen LogP contribution in [0.4, 0.5) is 9.59 Å². The summed E-state index contributed by atoms with van der Waals surface area (Å²) < 4.78 is 30.7. The van der Waals surface area contributed by atoms with Gasteiger partial charge in [-0.1, -0.05) is 39.7 Å². The van der Waals surface area contributed by atoms with Crippen molar-refractivity contribution in [2.45, 2.75) is 84.8 Å². The van der Waals surface area contributed by atoms with Crippen molar-refractivity contribution in [2.75, 3.05) is 19.8 Å². The van der Waals surface area contributed by atoms with Crippen molar-refractivity contribution < 1.29 is 47.6 Å². The molecule has 208 valence electrons. The molecule has 0 spiro atoms. The van der Waals surface area contributed by atoms with Gasteiger partial charge in [-0.2, -0.15) is 0 Å². The van der Waals surface area contributed by atoms with Gasteiger partial charge < -0.3 is 34.2 Å². The molecule has 2 N–H and O–H groups in total. The first-order valence-corrected chi connectivity index (χ1v) is 12.6. The summed E-state index contributed by atoms with van der Waals surface area (Å²) in [5, 5.41) is 0. The van der Waals surface area contributed by atoms with Gasteiger partial charge in [-0.15, -0.1) is 0 Å². The summed E-state index contributed by atoms with van der Waals surface area (Å²) in [7, 11) is 0. The number of hydrogen-bond donors (Lipinski definition) is 1. The zero-order valence-corrected chi connectivity index (χ0v) is 22.1. The van der Waals surface area contributed by atoms with E-state index >= 15 is 0 Å². The highest BCUT2D eigenvalue weighted by molar-refractivity contribution is 5.76. The van der Waals surface area contributed by atoms with Gasteiger partial charge in [0.15, 0.2) is 11.5 Å². The maximum Gasteiger partial charge on any atom is 0.513 e. The molecular formula is C26H39NO10. The first-order chi connectivity index (χ1) is 17.7. The number of rotatable bonds is 16. The van der Waals surface area contributed by atoms with E-state index in [-0.39, 0.29) is 50.1 Å². The van der Waals surface area contributed by atoms with Gasteiger partial charge in [0.2, 0.25) is 0 Å². The van der Waals surface area contributed by atoms with Crippen molar-refractivity contribution >= 4 is 24.2 Å². The van der Waals surface area contributed by atoms with Gasteiger partial charge in [-0.3, -0.25) is 9.59 Å². The van der Waals surface area contributed by atoms with E-state index in [0.29, 0.717) is 24.8 Å². The molecule has 0 fully saturated rings. The fraction of sp³-hybridized carbons (Fsp3) is 0.615. The second-order valence-electron chi connectivity index (χ2n) is 8.38. The number of benzene rings is 1. The van der Waals surface area contributed by atoms with Crippen molar-refractivity contribution in [3.8, 4) is 11.5 Å². The quantitative estimate of drug-likeness (QED) is 0.141. The van der Waals surface area contributed by atoms with E-state index in [4.69, 9.17) is 34.2 Å². The fourth-order valence-corrected chi connectivity index (χ4v) is 2.85. The average Bonchev–Trinajstić information content (AvgIpc) is 2.84. The Hall–Kier alpha value is -3.34. The lowest BCUT2D eigenvalue weighted by atomic mass is 10.1. The highest BCUT2D eigenvalue weighted by atomic mass is 16.7. The number of hydrogen-bond acceptors (Lipinski definition) is 11. The van der Waals surface area contributed by atoms with Gasteiger partial charge in [0, 0.05) is 6.42 Å². The molecule has 0 aromatic heterocycles. The first-order valence-electron chi connectivity index (χ1n) is 12.6. The van der Waals surface area contributed by atoms with Crippen LogP contribution in [0.3, 0.4) is 0 Å². The van der Waals surface area contributed by atoms with Crippen LogP contribution in [0.1, 0.15) is 71.8 Å². The molecule has 0 aliphatic carbocycles. The minimum Gasteiger partial charge on any atom is -0.461 e. The highest BCUT2D eigenvalue weighted by Crippen LogP contribution is 2.30.